The molecule has 13 heteroatoms. The molecular formula is C25H32F4IO7S-. The molecule has 0 spiro atoms. The molecule has 0 radical (unpaired) electrons. The summed E-state index contributed by atoms with van der Waals surface area (Å²) < 4.78 is 104. The van der Waals surface area contributed by atoms with Crippen LogP contribution in [0.4, 0.5) is 17.6 Å². The van der Waals surface area contributed by atoms with Crippen LogP contribution >= 0.6 is 22.6 Å². The first-order chi connectivity index (χ1) is 17.6. The fourth-order valence-electron chi connectivity index (χ4n) is 5.09. The number of hydrogen-bond acceptors (Lipinski definition) is 7. The number of carbonyl (C=O) groups excluding carboxylic acids is 1. The van der Waals surface area contributed by atoms with Crippen LogP contribution in [0.3, 0.4) is 0 Å². The van der Waals surface area contributed by atoms with Crippen LogP contribution in [-0.4, -0.2) is 47.9 Å². The second-order valence-corrected chi connectivity index (χ2v) is 12.6. The molecule has 0 atom stereocenters. The van der Waals surface area contributed by atoms with Crippen molar-refractivity contribution < 1.29 is 49.5 Å². The summed E-state index contributed by atoms with van der Waals surface area (Å²) in [5.41, 5.74) is -0.881. The predicted molar refractivity (Wildman–Crippen MR) is 138 cm³/mol. The lowest BCUT2D eigenvalue weighted by Gasteiger charge is -2.34. The molecule has 2 saturated carbocycles. The number of carbonyl (C=O) groups is 1. The van der Waals surface area contributed by atoms with Crippen molar-refractivity contribution in [1.82, 2.24) is 0 Å². The summed E-state index contributed by atoms with van der Waals surface area (Å²) in [4.78, 5) is 12.7. The van der Waals surface area contributed by atoms with Gasteiger partial charge in [-0.3, -0.25) is 0 Å². The first-order valence-electron chi connectivity index (χ1n) is 12.7. The van der Waals surface area contributed by atoms with Gasteiger partial charge in [0, 0.05) is 0 Å². The number of esters is 1. The van der Waals surface area contributed by atoms with E-state index in [0.29, 0.717) is 15.1 Å². The molecule has 0 unspecified atom stereocenters. The Morgan fingerprint density at radius 2 is 1.47 bits per heavy atom. The summed E-state index contributed by atoms with van der Waals surface area (Å²) in [6.45, 7) is 2.82. The monoisotopic (exact) mass is 679 g/mol. The molecule has 0 aliphatic heterocycles. The number of hydrogen-bond donors (Lipinski definition) is 0. The van der Waals surface area contributed by atoms with Crippen LogP contribution in [0.15, 0.2) is 12.1 Å². The Hall–Kier alpha value is -1.35. The zero-order chi connectivity index (χ0) is 28.4. The van der Waals surface area contributed by atoms with Crippen LogP contribution < -0.4 is 9.47 Å². The normalized spacial score (nSPS) is 19.4. The highest BCUT2D eigenvalue weighted by atomic mass is 127. The van der Waals surface area contributed by atoms with Crippen molar-refractivity contribution in [3.05, 3.63) is 21.3 Å². The van der Waals surface area contributed by atoms with Crippen LogP contribution in [0.2, 0.25) is 0 Å². The van der Waals surface area contributed by atoms with E-state index >= 15 is 0 Å². The molecule has 2 aliphatic carbocycles. The summed E-state index contributed by atoms with van der Waals surface area (Å²) in [5.74, 6) is -5.51. The van der Waals surface area contributed by atoms with E-state index in [1.54, 1.807) is 0 Å². The number of rotatable bonds is 12. The van der Waals surface area contributed by atoms with Gasteiger partial charge < -0.3 is 18.8 Å². The molecule has 0 aromatic heterocycles. The zero-order valence-corrected chi connectivity index (χ0v) is 24.3. The van der Waals surface area contributed by atoms with E-state index in [0.717, 1.165) is 64.2 Å². The van der Waals surface area contributed by atoms with Crippen molar-refractivity contribution in [3.63, 3.8) is 0 Å². The highest BCUT2D eigenvalue weighted by Gasteiger charge is 2.61. The van der Waals surface area contributed by atoms with Gasteiger partial charge in [-0.05, 0) is 98.9 Å². The van der Waals surface area contributed by atoms with Gasteiger partial charge >= 0.3 is 17.1 Å². The second-order valence-electron chi connectivity index (χ2n) is 10.0. The van der Waals surface area contributed by atoms with Gasteiger partial charge in [-0.25, -0.2) is 13.2 Å². The zero-order valence-electron chi connectivity index (χ0n) is 21.3. The molecule has 0 amide bonds. The minimum atomic E-state index is -6.62. The highest BCUT2D eigenvalue weighted by molar-refractivity contribution is 14.1. The standard InChI is InChI=1S/C25H33F4IO7S/c1-3-22(9-5-6-10-22)36-19-16-17(15-18(30)20(19)37-23(4-2)11-7-8-12-23)21(31)35-14-13-24(26,27)25(28,29)38(32,33)34/h15-16H,3-14H2,1-2H3,(H,32,33,34)/p-1. The lowest BCUT2D eigenvalue weighted by atomic mass is 9.98. The van der Waals surface area contributed by atoms with Crippen LogP contribution in [-0.2, 0) is 14.9 Å². The van der Waals surface area contributed by atoms with Crippen LogP contribution in [0, 0.1) is 3.57 Å². The average molecular weight is 679 g/mol. The lowest BCUT2D eigenvalue weighted by molar-refractivity contribution is -0.168. The second kappa shape index (κ2) is 11.6. The molecular weight excluding hydrogens is 647 g/mol. The summed E-state index contributed by atoms with van der Waals surface area (Å²) in [6.07, 6.45) is 7.07. The third kappa shape index (κ3) is 6.51. The maximum absolute atomic E-state index is 13.7. The van der Waals surface area contributed by atoms with E-state index < -0.39 is 45.9 Å². The minimum absolute atomic E-state index is 0.0653. The maximum Gasteiger partial charge on any atom is 0.396 e. The third-order valence-electron chi connectivity index (χ3n) is 7.60. The topological polar surface area (TPSA) is 102 Å². The van der Waals surface area contributed by atoms with Gasteiger partial charge in [-0.1, -0.05) is 13.8 Å². The number of halogens is 5. The highest BCUT2D eigenvalue weighted by Crippen LogP contribution is 2.46. The Labute approximate surface area is 233 Å². The molecule has 0 bridgehead atoms. The number of benzene rings is 1. The summed E-state index contributed by atoms with van der Waals surface area (Å²) in [6, 6.07) is 2.84. The fraction of sp³-hybridized carbons (Fsp3) is 0.720. The molecule has 0 saturated heterocycles. The molecule has 1 aromatic carbocycles. The van der Waals surface area contributed by atoms with E-state index in [2.05, 4.69) is 0 Å². The van der Waals surface area contributed by atoms with Gasteiger partial charge in [0.05, 0.1) is 22.2 Å². The lowest BCUT2D eigenvalue weighted by Crippen LogP contribution is -2.47. The first-order valence-corrected chi connectivity index (χ1v) is 15.2. The quantitative estimate of drug-likeness (QED) is 0.104. The largest absolute Gasteiger partial charge is 0.743 e. The van der Waals surface area contributed by atoms with E-state index in [1.165, 1.54) is 12.1 Å². The van der Waals surface area contributed by atoms with Gasteiger partial charge in [0.1, 0.15) is 11.2 Å². The average Bonchev–Trinajstić information content (AvgIpc) is 3.50. The summed E-state index contributed by atoms with van der Waals surface area (Å²) in [5, 5.41) is -5.84. The minimum Gasteiger partial charge on any atom is -0.743 e. The Morgan fingerprint density at radius 3 is 1.95 bits per heavy atom. The first kappa shape index (κ1) is 31.2. The van der Waals surface area contributed by atoms with E-state index in [-0.39, 0.29) is 11.2 Å². The molecule has 38 heavy (non-hydrogen) atoms. The van der Waals surface area contributed by atoms with Gasteiger partial charge in [0.25, 0.3) is 0 Å². The number of alkyl halides is 4. The Kier molecular flexibility index (Phi) is 9.55. The third-order valence-corrected chi connectivity index (χ3v) is 9.33. The van der Waals surface area contributed by atoms with E-state index in [1.807, 2.05) is 36.4 Å². The molecule has 2 aliphatic rings. The van der Waals surface area contributed by atoms with E-state index in [4.69, 9.17) is 14.2 Å². The van der Waals surface area contributed by atoms with Crippen LogP contribution in [0.25, 0.3) is 0 Å². The van der Waals surface area contributed by atoms with Gasteiger partial charge in [0.2, 0.25) is 0 Å². The van der Waals surface area contributed by atoms with E-state index in [9.17, 15) is 35.3 Å². The predicted octanol–water partition coefficient (Wildman–Crippen LogP) is 6.81. The van der Waals surface area contributed by atoms with Gasteiger partial charge in [-0.2, -0.15) is 17.6 Å². The molecule has 7 nitrogen and oxygen atoms in total. The van der Waals surface area contributed by atoms with Crippen LogP contribution in [0.5, 0.6) is 11.5 Å². The fourth-order valence-corrected chi connectivity index (χ4v) is 6.27. The van der Waals surface area contributed by atoms with Crippen molar-refractivity contribution in [2.45, 2.75) is 107 Å². The van der Waals surface area contributed by atoms with Crippen molar-refractivity contribution >= 4 is 38.7 Å². The van der Waals surface area contributed by atoms with Gasteiger partial charge in [0.15, 0.2) is 21.6 Å². The van der Waals surface area contributed by atoms with Crippen molar-refractivity contribution in [2.24, 2.45) is 0 Å². The smallest absolute Gasteiger partial charge is 0.396 e. The molecule has 0 N–H and O–H groups in total. The summed E-state index contributed by atoms with van der Waals surface area (Å²) >= 11 is 1.99. The van der Waals surface area contributed by atoms with Crippen molar-refractivity contribution in [1.29, 1.82) is 0 Å². The Balaban J connectivity index is 1.85. The molecule has 3 rings (SSSR count). The van der Waals surface area contributed by atoms with Gasteiger partial charge in [-0.15, -0.1) is 0 Å². The maximum atomic E-state index is 13.7. The molecule has 2 fully saturated rings. The summed E-state index contributed by atoms with van der Waals surface area (Å²) in [7, 11) is -6.62. The Morgan fingerprint density at radius 1 is 0.974 bits per heavy atom. The van der Waals surface area contributed by atoms with Crippen molar-refractivity contribution in [2.75, 3.05) is 6.61 Å². The van der Waals surface area contributed by atoms with Crippen LogP contribution in [0.1, 0.15) is 94.8 Å². The molecule has 0 heterocycles. The molecule has 1 aromatic rings. The Bertz CT molecular complexity index is 1110. The molecule has 216 valence electrons. The number of ether oxygens (including phenoxy) is 3. The SMILES string of the molecule is CCC1(Oc2cc(C(=O)OCCC(F)(F)C(F)(F)S(=O)(=O)[O-])cc(I)c2OC2(CC)CCCC2)CCCC1. The van der Waals surface area contributed by atoms with Crippen molar-refractivity contribution in [3.8, 4) is 11.5 Å².